The van der Waals surface area contributed by atoms with Crippen molar-refractivity contribution in [2.24, 2.45) is 0 Å². The summed E-state index contributed by atoms with van der Waals surface area (Å²) in [6.45, 7) is 8.64. The van der Waals surface area contributed by atoms with Crippen LogP contribution in [0.25, 0.3) is 0 Å². The zero-order chi connectivity index (χ0) is 9.07. The van der Waals surface area contributed by atoms with Crippen LogP contribution in [0.15, 0.2) is 12.2 Å². The molecule has 0 atom stereocenters. The fourth-order valence-electron chi connectivity index (χ4n) is 0.568. The molecule has 0 saturated heterocycles. The zero-order valence-corrected chi connectivity index (χ0v) is 7.48. The molecule has 0 unspecified atom stereocenters. The smallest absolute Gasteiger partial charge is 0.167 e. The number of carbonyl (C=O) groups is 1. The highest BCUT2D eigenvalue weighted by molar-refractivity contribution is 5.87. The molecule has 0 radical (unpaired) electrons. The second-order valence-electron chi connectivity index (χ2n) is 3.26. The third-order valence-electron chi connectivity index (χ3n) is 1.59. The molecule has 0 heterocycles. The van der Waals surface area contributed by atoms with Gasteiger partial charge in [-0.15, -0.1) is 0 Å². The van der Waals surface area contributed by atoms with Gasteiger partial charge >= 0.3 is 0 Å². The summed E-state index contributed by atoms with van der Waals surface area (Å²) in [4.78, 5) is 11.1. The molecular formula is C9H16O2. The van der Waals surface area contributed by atoms with Crippen LogP contribution in [0, 0.1) is 0 Å². The van der Waals surface area contributed by atoms with E-state index in [1.807, 2.05) is 6.92 Å². The number of aliphatic hydroxyl groups is 1. The van der Waals surface area contributed by atoms with Crippen LogP contribution in [0.5, 0.6) is 0 Å². The highest BCUT2D eigenvalue weighted by Gasteiger charge is 2.23. The lowest BCUT2D eigenvalue weighted by Crippen LogP contribution is -2.31. The first-order valence-electron chi connectivity index (χ1n) is 3.80. The lowest BCUT2D eigenvalue weighted by Gasteiger charge is -2.15. The summed E-state index contributed by atoms with van der Waals surface area (Å²) in [5, 5.41) is 9.24. The van der Waals surface area contributed by atoms with Crippen molar-refractivity contribution in [3.63, 3.8) is 0 Å². The van der Waals surface area contributed by atoms with Crippen molar-refractivity contribution in [2.75, 3.05) is 0 Å². The molecule has 0 aliphatic heterocycles. The Labute approximate surface area is 67.9 Å². The molecule has 2 heteroatoms. The van der Waals surface area contributed by atoms with Gasteiger partial charge in [0.1, 0.15) is 5.60 Å². The van der Waals surface area contributed by atoms with Crippen molar-refractivity contribution in [1.82, 2.24) is 0 Å². The number of ketones is 1. The van der Waals surface area contributed by atoms with Gasteiger partial charge in [-0.05, 0) is 20.3 Å². The molecule has 64 valence electrons. The minimum atomic E-state index is -1.21. The van der Waals surface area contributed by atoms with Crippen molar-refractivity contribution < 1.29 is 9.90 Å². The predicted octanol–water partition coefficient (Wildman–Crippen LogP) is 1.68. The Bertz CT molecular complexity index is 163. The molecule has 0 rings (SSSR count). The van der Waals surface area contributed by atoms with Gasteiger partial charge in [0.2, 0.25) is 0 Å². The first-order valence-corrected chi connectivity index (χ1v) is 3.80. The van der Waals surface area contributed by atoms with Crippen LogP contribution in [0.1, 0.15) is 33.6 Å². The monoisotopic (exact) mass is 156 g/mol. The van der Waals surface area contributed by atoms with Crippen molar-refractivity contribution in [3.8, 4) is 0 Å². The molecule has 11 heavy (non-hydrogen) atoms. The molecule has 1 N–H and O–H groups in total. The van der Waals surface area contributed by atoms with E-state index in [-0.39, 0.29) is 5.78 Å². The molecule has 0 amide bonds. The molecule has 0 aromatic rings. The molecule has 0 aliphatic carbocycles. The molecule has 0 aromatic carbocycles. The van der Waals surface area contributed by atoms with Gasteiger partial charge in [-0.2, -0.15) is 0 Å². The Hall–Kier alpha value is -0.630. The number of carbonyl (C=O) groups excluding carboxylic acids is 1. The highest BCUT2D eigenvalue weighted by Crippen LogP contribution is 2.11. The molecular weight excluding hydrogens is 140 g/mol. The van der Waals surface area contributed by atoms with E-state index in [9.17, 15) is 9.90 Å². The van der Waals surface area contributed by atoms with E-state index >= 15 is 0 Å². The van der Waals surface area contributed by atoms with Crippen LogP contribution in [-0.4, -0.2) is 16.5 Å². The highest BCUT2D eigenvalue weighted by atomic mass is 16.3. The van der Waals surface area contributed by atoms with Crippen LogP contribution in [-0.2, 0) is 4.79 Å². The fourth-order valence-corrected chi connectivity index (χ4v) is 0.568. The summed E-state index contributed by atoms with van der Waals surface area (Å²) in [6, 6.07) is 0. The summed E-state index contributed by atoms with van der Waals surface area (Å²) in [5.74, 6) is -0.163. The molecule has 0 aliphatic rings. The minimum Gasteiger partial charge on any atom is -0.383 e. The number of hydrogen-bond acceptors (Lipinski definition) is 2. The van der Waals surface area contributed by atoms with Crippen LogP contribution in [0.3, 0.4) is 0 Å². The fraction of sp³-hybridized carbons (Fsp3) is 0.667. The summed E-state index contributed by atoms with van der Waals surface area (Å²) >= 11 is 0. The molecule has 0 spiro atoms. The van der Waals surface area contributed by atoms with Gasteiger partial charge in [-0.3, -0.25) is 4.79 Å². The molecule has 0 saturated carbocycles. The minimum absolute atomic E-state index is 0.163. The standard InChI is InChI=1S/C9H16O2/c1-5-7(2)6-8(10)9(3,4)11/h11H,2,5-6H2,1,3-4H3. The SMILES string of the molecule is C=C(CC)CC(=O)C(C)(C)O. The second kappa shape index (κ2) is 3.67. The second-order valence-corrected chi connectivity index (χ2v) is 3.26. The summed E-state index contributed by atoms with van der Waals surface area (Å²) in [6.07, 6.45) is 1.09. The van der Waals surface area contributed by atoms with E-state index in [2.05, 4.69) is 6.58 Å². The largest absolute Gasteiger partial charge is 0.383 e. The average Bonchev–Trinajstić information content (AvgIpc) is 1.85. The Kier molecular flexibility index (Phi) is 3.46. The third kappa shape index (κ3) is 3.94. The van der Waals surface area contributed by atoms with E-state index in [1.165, 1.54) is 13.8 Å². The topological polar surface area (TPSA) is 37.3 Å². The lowest BCUT2D eigenvalue weighted by molar-refractivity contribution is -0.133. The third-order valence-corrected chi connectivity index (χ3v) is 1.59. The Morgan fingerprint density at radius 3 is 2.27 bits per heavy atom. The zero-order valence-electron chi connectivity index (χ0n) is 7.48. The van der Waals surface area contributed by atoms with Gasteiger partial charge < -0.3 is 5.11 Å². The van der Waals surface area contributed by atoms with E-state index < -0.39 is 5.60 Å². The summed E-state index contributed by atoms with van der Waals surface area (Å²) in [5.41, 5.74) is -0.338. The lowest BCUT2D eigenvalue weighted by atomic mass is 9.97. The summed E-state index contributed by atoms with van der Waals surface area (Å²) in [7, 11) is 0. The van der Waals surface area contributed by atoms with Gasteiger partial charge in [0.05, 0.1) is 0 Å². The van der Waals surface area contributed by atoms with Crippen LogP contribution in [0.4, 0.5) is 0 Å². The molecule has 2 nitrogen and oxygen atoms in total. The Balaban J connectivity index is 3.99. The molecule has 0 fully saturated rings. The van der Waals surface area contributed by atoms with E-state index in [1.54, 1.807) is 0 Å². The maximum absolute atomic E-state index is 11.1. The number of rotatable bonds is 4. The van der Waals surface area contributed by atoms with Gasteiger partial charge in [0.25, 0.3) is 0 Å². The maximum atomic E-state index is 11.1. The van der Waals surface area contributed by atoms with Crippen molar-refractivity contribution in [3.05, 3.63) is 12.2 Å². The van der Waals surface area contributed by atoms with Gasteiger partial charge in [-0.25, -0.2) is 0 Å². The van der Waals surface area contributed by atoms with E-state index in [4.69, 9.17) is 0 Å². The van der Waals surface area contributed by atoms with Crippen LogP contribution >= 0.6 is 0 Å². The van der Waals surface area contributed by atoms with Crippen molar-refractivity contribution >= 4 is 5.78 Å². The number of hydrogen-bond donors (Lipinski definition) is 1. The van der Waals surface area contributed by atoms with Crippen molar-refractivity contribution in [1.29, 1.82) is 0 Å². The first kappa shape index (κ1) is 10.4. The first-order chi connectivity index (χ1) is 4.88. The van der Waals surface area contributed by atoms with Crippen LogP contribution < -0.4 is 0 Å². The van der Waals surface area contributed by atoms with Crippen molar-refractivity contribution in [2.45, 2.75) is 39.2 Å². The normalized spacial score (nSPS) is 11.3. The van der Waals surface area contributed by atoms with E-state index in [0.717, 1.165) is 12.0 Å². The number of allylic oxidation sites excluding steroid dienone is 1. The summed E-state index contributed by atoms with van der Waals surface area (Å²) < 4.78 is 0. The van der Waals surface area contributed by atoms with Gasteiger partial charge in [0, 0.05) is 6.42 Å². The molecule has 0 bridgehead atoms. The van der Waals surface area contributed by atoms with Crippen LogP contribution in [0.2, 0.25) is 0 Å². The Morgan fingerprint density at radius 2 is 2.00 bits per heavy atom. The quantitative estimate of drug-likeness (QED) is 0.629. The number of Topliss-reactive ketones (excluding diaryl/α,β-unsaturated/α-hetero) is 1. The van der Waals surface area contributed by atoms with Gasteiger partial charge in [-0.1, -0.05) is 19.1 Å². The Morgan fingerprint density at radius 1 is 1.55 bits per heavy atom. The van der Waals surface area contributed by atoms with Gasteiger partial charge in [0.15, 0.2) is 5.78 Å². The maximum Gasteiger partial charge on any atom is 0.167 e. The molecule has 0 aromatic heterocycles. The average molecular weight is 156 g/mol. The van der Waals surface area contributed by atoms with E-state index in [0.29, 0.717) is 6.42 Å². The predicted molar refractivity (Wildman–Crippen MR) is 45.4 cm³/mol.